The van der Waals surface area contributed by atoms with Crippen LogP contribution in [0, 0.1) is 5.82 Å². The van der Waals surface area contributed by atoms with E-state index >= 15 is 0 Å². The summed E-state index contributed by atoms with van der Waals surface area (Å²) >= 11 is 0. The minimum absolute atomic E-state index is 0.0135. The summed E-state index contributed by atoms with van der Waals surface area (Å²) in [5, 5.41) is 8.28. The SMILES string of the molecule is CS(=O)(=O)NCc1cc(F)cc(-c2ccnc3[nH]c(-c4n[nH]c5ccc(-c6cccnc6)nc45)cc23)c1. The summed E-state index contributed by atoms with van der Waals surface area (Å²) in [6, 6.07) is 15.8. The zero-order valence-corrected chi connectivity index (χ0v) is 20.3. The number of pyridine rings is 3. The third-order valence-electron chi connectivity index (χ3n) is 5.96. The van der Waals surface area contributed by atoms with E-state index in [-0.39, 0.29) is 6.54 Å². The highest BCUT2D eigenvalue weighted by Gasteiger charge is 2.17. The van der Waals surface area contributed by atoms with Crippen molar-refractivity contribution < 1.29 is 12.8 Å². The van der Waals surface area contributed by atoms with Crippen LogP contribution in [0.5, 0.6) is 0 Å². The van der Waals surface area contributed by atoms with Crippen LogP contribution in [0.3, 0.4) is 0 Å². The Morgan fingerprint density at radius 2 is 1.92 bits per heavy atom. The summed E-state index contributed by atoms with van der Waals surface area (Å²) in [5.74, 6) is -0.464. The fourth-order valence-electron chi connectivity index (χ4n) is 4.29. The Morgan fingerprint density at radius 3 is 2.73 bits per heavy atom. The van der Waals surface area contributed by atoms with Gasteiger partial charge in [-0.1, -0.05) is 0 Å². The van der Waals surface area contributed by atoms with Gasteiger partial charge in [-0.25, -0.2) is 27.5 Å². The number of hydrogen-bond acceptors (Lipinski definition) is 6. The van der Waals surface area contributed by atoms with E-state index in [0.29, 0.717) is 33.7 Å². The average Bonchev–Trinajstić information content (AvgIpc) is 3.51. The molecule has 184 valence electrons. The standard InChI is InChI=1S/C26H20FN7O2S/c1-37(35,36)30-13-15-9-17(11-18(27)10-15)19-6-8-29-26-20(19)12-23(32-26)25-24-22(33-34-25)5-4-21(31-24)16-3-2-7-28-14-16/h2-12,14,30H,13H2,1H3,(H,29,32)(H,33,34). The Morgan fingerprint density at radius 1 is 1.03 bits per heavy atom. The van der Waals surface area contributed by atoms with Crippen molar-refractivity contribution in [2.45, 2.75) is 6.54 Å². The second-order valence-corrected chi connectivity index (χ2v) is 10.5. The number of nitrogens with one attached hydrogen (secondary N) is 3. The minimum atomic E-state index is -3.41. The van der Waals surface area contributed by atoms with E-state index in [9.17, 15) is 12.8 Å². The lowest BCUT2D eigenvalue weighted by atomic mass is 10.0. The smallest absolute Gasteiger partial charge is 0.209 e. The normalized spacial score (nSPS) is 11.9. The van der Waals surface area contributed by atoms with Gasteiger partial charge in [-0.05, 0) is 71.3 Å². The Hall–Kier alpha value is -4.48. The highest BCUT2D eigenvalue weighted by atomic mass is 32.2. The highest BCUT2D eigenvalue weighted by molar-refractivity contribution is 7.88. The maximum atomic E-state index is 14.5. The van der Waals surface area contributed by atoms with E-state index in [1.54, 1.807) is 30.7 Å². The summed E-state index contributed by atoms with van der Waals surface area (Å²) in [7, 11) is -3.41. The fraction of sp³-hybridized carbons (Fsp3) is 0.0769. The van der Waals surface area contributed by atoms with E-state index in [1.165, 1.54) is 12.1 Å². The lowest BCUT2D eigenvalue weighted by molar-refractivity contribution is 0.586. The molecule has 0 bridgehead atoms. The first-order valence-electron chi connectivity index (χ1n) is 11.3. The molecule has 0 aliphatic heterocycles. The number of rotatable bonds is 6. The predicted molar refractivity (Wildman–Crippen MR) is 139 cm³/mol. The molecule has 0 spiro atoms. The second-order valence-electron chi connectivity index (χ2n) is 8.65. The molecule has 0 saturated carbocycles. The number of H-pyrrole nitrogens is 2. The van der Waals surface area contributed by atoms with Crippen LogP contribution in [0.1, 0.15) is 5.56 Å². The van der Waals surface area contributed by atoms with Crippen molar-refractivity contribution in [1.29, 1.82) is 0 Å². The van der Waals surface area contributed by atoms with Crippen LogP contribution >= 0.6 is 0 Å². The molecule has 6 rings (SSSR count). The summed E-state index contributed by atoms with van der Waals surface area (Å²) in [6.45, 7) is -0.0135. The molecule has 0 aliphatic rings. The fourth-order valence-corrected chi connectivity index (χ4v) is 4.72. The number of fused-ring (bicyclic) bond motifs is 2. The average molecular weight is 514 g/mol. The van der Waals surface area contributed by atoms with Crippen LogP contribution in [-0.4, -0.2) is 44.8 Å². The molecule has 6 aromatic rings. The van der Waals surface area contributed by atoms with Crippen molar-refractivity contribution >= 4 is 32.1 Å². The lowest BCUT2D eigenvalue weighted by Gasteiger charge is -2.08. The molecule has 5 aromatic heterocycles. The Bertz CT molecular complexity index is 1880. The Labute approximate surface area is 210 Å². The first-order valence-corrected chi connectivity index (χ1v) is 13.2. The largest absolute Gasteiger partial charge is 0.338 e. The number of nitrogens with zero attached hydrogens (tertiary/aromatic N) is 4. The monoisotopic (exact) mass is 513 g/mol. The maximum Gasteiger partial charge on any atom is 0.209 e. The molecule has 3 N–H and O–H groups in total. The van der Waals surface area contributed by atoms with Crippen LogP contribution in [0.15, 0.2) is 73.2 Å². The quantitative estimate of drug-likeness (QED) is 0.302. The number of halogens is 1. The summed E-state index contributed by atoms with van der Waals surface area (Å²) in [6.07, 6.45) is 6.17. The molecular weight excluding hydrogens is 493 g/mol. The van der Waals surface area contributed by atoms with Crippen LogP contribution in [0.25, 0.3) is 55.8 Å². The lowest BCUT2D eigenvalue weighted by Crippen LogP contribution is -2.21. The predicted octanol–water partition coefficient (Wildman–Crippen LogP) is 4.42. The molecule has 0 fully saturated rings. The molecule has 0 radical (unpaired) electrons. The molecule has 0 aliphatic carbocycles. The number of sulfonamides is 1. The van der Waals surface area contributed by atoms with E-state index in [4.69, 9.17) is 4.98 Å². The van der Waals surface area contributed by atoms with Gasteiger partial charge in [0.2, 0.25) is 10.0 Å². The van der Waals surface area contributed by atoms with Crippen molar-refractivity contribution in [2.75, 3.05) is 6.26 Å². The van der Waals surface area contributed by atoms with Gasteiger partial charge in [-0.3, -0.25) is 10.1 Å². The van der Waals surface area contributed by atoms with E-state index < -0.39 is 15.8 Å². The molecule has 0 saturated heterocycles. The van der Waals surface area contributed by atoms with Crippen LogP contribution in [0.4, 0.5) is 4.39 Å². The molecule has 11 heteroatoms. The Balaban J connectivity index is 1.44. The van der Waals surface area contributed by atoms with Crippen LogP contribution in [0.2, 0.25) is 0 Å². The molecular formula is C26H20FN7O2S. The number of aromatic amines is 2. The van der Waals surface area contributed by atoms with Crippen molar-refractivity contribution in [2.24, 2.45) is 0 Å². The van der Waals surface area contributed by atoms with Gasteiger partial charge in [0.25, 0.3) is 0 Å². The van der Waals surface area contributed by atoms with E-state index in [0.717, 1.165) is 34.0 Å². The van der Waals surface area contributed by atoms with Gasteiger partial charge in [0.1, 0.15) is 22.7 Å². The van der Waals surface area contributed by atoms with Crippen molar-refractivity contribution in [1.82, 2.24) is 34.9 Å². The van der Waals surface area contributed by atoms with Gasteiger partial charge in [-0.15, -0.1) is 0 Å². The van der Waals surface area contributed by atoms with Gasteiger partial charge in [0.05, 0.1) is 23.2 Å². The molecule has 0 atom stereocenters. The zero-order chi connectivity index (χ0) is 25.6. The third-order valence-corrected chi connectivity index (χ3v) is 6.63. The molecule has 0 unspecified atom stereocenters. The Kier molecular flexibility index (Phi) is 5.50. The second kappa shape index (κ2) is 8.87. The summed E-state index contributed by atoms with van der Waals surface area (Å²) in [4.78, 5) is 16.7. The highest BCUT2D eigenvalue weighted by Crippen LogP contribution is 2.34. The summed E-state index contributed by atoms with van der Waals surface area (Å²) in [5.41, 5.74) is 6.92. The zero-order valence-electron chi connectivity index (χ0n) is 19.5. The summed E-state index contributed by atoms with van der Waals surface area (Å²) < 4.78 is 39.9. The third kappa shape index (κ3) is 4.57. The minimum Gasteiger partial charge on any atom is -0.338 e. The van der Waals surface area contributed by atoms with Crippen LogP contribution in [-0.2, 0) is 16.6 Å². The van der Waals surface area contributed by atoms with Gasteiger partial charge in [-0.2, -0.15) is 5.10 Å². The van der Waals surface area contributed by atoms with E-state index in [2.05, 4.69) is 29.9 Å². The van der Waals surface area contributed by atoms with E-state index in [1.807, 2.05) is 30.3 Å². The van der Waals surface area contributed by atoms with Gasteiger partial charge < -0.3 is 4.98 Å². The van der Waals surface area contributed by atoms with Crippen molar-refractivity contribution in [3.05, 3.63) is 84.6 Å². The maximum absolute atomic E-state index is 14.5. The van der Waals surface area contributed by atoms with Gasteiger partial charge in [0, 0.05) is 36.1 Å². The van der Waals surface area contributed by atoms with Crippen LogP contribution < -0.4 is 4.72 Å². The molecule has 37 heavy (non-hydrogen) atoms. The van der Waals surface area contributed by atoms with Crippen molar-refractivity contribution in [3.8, 4) is 33.8 Å². The topological polar surface area (TPSA) is 129 Å². The molecule has 0 amide bonds. The molecule has 5 heterocycles. The van der Waals surface area contributed by atoms with Gasteiger partial charge in [0.15, 0.2) is 0 Å². The number of hydrogen-bond donors (Lipinski definition) is 3. The molecule has 9 nitrogen and oxygen atoms in total. The first kappa shape index (κ1) is 23.0. The number of benzene rings is 1. The number of aromatic nitrogens is 6. The van der Waals surface area contributed by atoms with Gasteiger partial charge >= 0.3 is 0 Å². The molecule has 1 aromatic carbocycles. The van der Waals surface area contributed by atoms with Crippen molar-refractivity contribution in [3.63, 3.8) is 0 Å². The first-order chi connectivity index (χ1) is 17.8.